The van der Waals surface area contributed by atoms with Crippen LogP contribution in [0.1, 0.15) is 7.43 Å². The molecule has 0 aliphatic carbocycles. The third-order valence-corrected chi connectivity index (χ3v) is 8.92. The first-order valence-corrected chi connectivity index (χ1v) is 18.5. The Morgan fingerprint density at radius 3 is 1.70 bits per heavy atom. The molecule has 4 aliphatic rings. The van der Waals surface area contributed by atoms with Crippen LogP contribution in [0.25, 0.3) is 22.3 Å². The first-order chi connectivity index (χ1) is 29.9. The molecule has 0 bridgehead atoms. The van der Waals surface area contributed by atoms with Gasteiger partial charge in [-0.15, -0.1) is 17.0 Å². The predicted octanol–water partition coefficient (Wildman–Crippen LogP) is -12.1. The Morgan fingerprint density at radius 1 is 0.729 bits per heavy atom. The van der Waals surface area contributed by atoms with Crippen molar-refractivity contribution in [3.63, 3.8) is 0 Å². The predicted molar refractivity (Wildman–Crippen MR) is 244 cm³/mol. The van der Waals surface area contributed by atoms with E-state index in [1.54, 1.807) is 69.2 Å². The number of imidazole rings is 2. The van der Waals surface area contributed by atoms with Crippen LogP contribution in [0.3, 0.4) is 0 Å². The Kier molecular flexibility index (Phi) is 29.5. The van der Waals surface area contributed by atoms with Crippen LogP contribution >= 0.6 is 17.0 Å². The average Bonchev–Trinajstić information content (AvgIpc) is 4.01. The van der Waals surface area contributed by atoms with E-state index in [4.69, 9.17) is 20.5 Å². The summed E-state index contributed by atoms with van der Waals surface area (Å²) < 4.78 is 13.3. The Morgan fingerprint density at radius 2 is 1.20 bits per heavy atom. The number of carbonyl (C=O) groups is 1. The molecule has 0 spiro atoms. The van der Waals surface area contributed by atoms with Crippen LogP contribution in [0.2, 0.25) is 0 Å². The number of likely N-dealkylation sites (N-methyl/N-ethyl adjacent to an activating group) is 2. The third kappa shape index (κ3) is 15.4. The number of fused-ring (bicyclic) bond motifs is 5. The summed E-state index contributed by atoms with van der Waals surface area (Å²) in [6.07, 6.45) is 8.49. The van der Waals surface area contributed by atoms with E-state index in [2.05, 4.69) is 60.1 Å². The Balaban J connectivity index is -0.000000776. The number of aromatic amines is 5. The Bertz CT molecular complexity index is 2890. The molecule has 0 aromatic carbocycles. The van der Waals surface area contributed by atoms with Crippen molar-refractivity contribution in [2.75, 3.05) is 73.4 Å². The number of hydrogen-bond donors (Lipinski definition) is 10. The molecule has 0 saturated heterocycles. The number of rotatable bonds is 0. The zero-order chi connectivity index (χ0) is 46.4. The summed E-state index contributed by atoms with van der Waals surface area (Å²) in [6.45, 7) is 3.62. The molecule has 36 heteroatoms. The van der Waals surface area contributed by atoms with E-state index >= 15 is 0 Å². The number of carbonyl (C=O) groups excluding carboxylic acids is 1. The molecule has 10 rings (SSSR count). The van der Waals surface area contributed by atoms with Crippen molar-refractivity contribution in [2.45, 2.75) is 7.43 Å². The number of aryl methyl sites for hydroxylation is 2. The van der Waals surface area contributed by atoms with E-state index < -0.39 is 0 Å². The van der Waals surface area contributed by atoms with Gasteiger partial charge in [0.15, 0.2) is 17.5 Å². The van der Waals surface area contributed by atoms with Gasteiger partial charge >= 0.3 is 52.3 Å². The van der Waals surface area contributed by atoms with E-state index in [0.29, 0.717) is 57.5 Å². The van der Waals surface area contributed by atoms with Gasteiger partial charge in [-0.25, -0.2) is 19.5 Å². The second-order valence-electron chi connectivity index (χ2n) is 13.5. The van der Waals surface area contributed by atoms with Crippen molar-refractivity contribution in [3.8, 4) is 0 Å². The van der Waals surface area contributed by atoms with Crippen LogP contribution in [-0.4, -0.2) is 130 Å². The molecule has 6 aromatic heterocycles. The molecule has 0 saturated carbocycles. The topological polar surface area (TPSA) is 409 Å². The molecule has 4 aliphatic heterocycles. The summed E-state index contributed by atoms with van der Waals surface area (Å²) in [7, 11) is 14.6. The van der Waals surface area contributed by atoms with Gasteiger partial charge in [0.2, 0.25) is 23.3 Å². The van der Waals surface area contributed by atoms with Gasteiger partial charge < -0.3 is 111 Å². The van der Waals surface area contributed by atoms with Gasteiger partial charge in [-0.05, 0) is 28.2 Å². The summed E-state index contributed by atoms with van der Waals surface area (Å²) >= 11 is 1.70. The molecule has 1 amide bonds. The minimum atomic E-state index is -0.301. The molecule has 0 atom stereocenters. The zero-order valence-electron chi connectivity index (χ0n) is 37.1. The van der Waals surface area contributed by atoms with Gasteiger partial charge in [0, 0.05) is 36.5 Å². The van der Waals surface area contributed by atoms with Crippen molar-refractivity contribution < 1.29 is 127 Å². The second kappa shape index (κ2) is 29.9. The number of anilines is 6. The summed E-state index contributed by atoms with van der Waals surface area (Å²) in [6, 6.07) is 0.580. The van der Waals surface area contributed by atoms with Gasteiger partial charge in [-0.1, -0.05) is 12.4 Å². The molecule has 30 nitrogen and oxygen atoms in total. The number of guanidine groups is 1. The molecular formula is C34H51Ag3Br3N23O7-2. The second-order valence-corrected chi connectivity index (χ2v) is 13.5. The van der Waals surface area contributed by atoms with Gasteiger partial charge in [0.25, 0.3) is 28.2 Å². The first kappa shape index (κ1) is 69.1. The monoisotopic (exact) mass is 1450 g/mol. The molecule has 70 heavy (non-hydrogen) atoms. The van der Waals surface area contributed by atoms with Crippen molar-refractivity contribution in [3.05, 3.63) is 92.3 Å². The van der Waals surface area contributed by atoms with Crippen LogP contribution in [-0.2, 0) is 87.9 Å². The molecule has 0 fully saturated rings. The number of halogens is 3. The Labute approximate surface area is 473 Å². The molecule has 1 radical (unpaired) electrons. The minimum absolute atomic E-state index is 0. The number of nitrogens with one attached hydrogen (secondary N) is 7. The first-order valence-electron chi connectivity index (χ1n) is 17.9. The summed E-state index contributed by atoms with van der Waals surface area (Å²) in [4.78, 5) is 100. The van der Waals surface area contributed by atoms with Crippen molar-refractivity contribution in [1.82, 2.24) is 64.6 Å². The maximum absolute atomic E-state index is 11.4. The van der Waals surface area contributed by atoms with Crippen LogP contribution in [0.5, 0.6) is 0 Å². The fourth-order valence-electron chi connectivity index (χ4n) is 6.40. The zero-order valence-corrected chi connectivity index (χ0v) is 46.4. The third-order valence-electron chi connectivity index (χ3n) is 8.92. The van der Waals surface area contributed by atoms with E-state index in [-0.39, 0.29) is 155 Å². The van der Waals surface area contributed by atoms with Crippen molar-refractivity contribution >= 4 is 92.4 Å². The number of nitrogens with zero attached hydrogens (tertiary/aromatic N) is 13. The van der Waals surface area contributed by atoms with E-state index in [1.807, 2.05) is 72.5 Å². The normalized spacial score (nSPS) is 12.9. The maximum atomic E-state index is 11.4. The van der Waals surface area contributed by atoms with Gasteiger partial charge in [0.05, 0.1) is 51.6 Å². The van der Waals surface area contributed by atoms with E-state index in [1.165, 1.54) is 19.0 Å². The van der Waals surface area contributed by atoms with E-state index in [9.17, 15) is 24.0 Å². The molecule has 15 N–H and O–H groups in total. The van der Waals surface area contributed by atoms with Gasteiger partial charge in [0.1, 0.15) is 23.0 Å². The molecule has 6 aromatic rings. The number of H-pyrrole nitrogens is 5. The van der Waals surface area contributed by atoms with E-state index in [0.717, 1.165) is 0 Å². The van der Waals surface area contributed by atoms with Crippen LogP contribution in [0, 0.1) is 25.5 Å². The van der Waals surface area contributed by atoms with Gasteiger partial charge in [-0.2, -0.15) is 18.3 Å². The van der Waals surface area contributed by atoms with Gasteiger partial charge in [-0.3, -0.25) is 38.5 Å². The SMILES string of the molecule is Br.C.CN1C=[N+](C)[C-]2C(=O)NC(N)=[NH+][C-]21.CN1[CH-]N(C)c2c1nc[nH]c2=O.CN1[CH-]N(C)c2c1nc[nH]c2=O.Cn1c[n+](C)c2nc(N)[nH]c(=O)c21.Nc1nc2nc[nH]c2c(=O)[nH]1.O.[Ag+].[Ag].[Br-].[Br-].[O]=[Ag]. The molecule has 10 heterocycles. The van der Waals surface area contributed by atoms with Crippen LogP contribution in [0.4, 0.5) is 34.9 Å². The quantitative estimate of drug-likeness (QED) is 0.0383. The summed E-state index contributed by atoms with van der Waals surface area (Å²) in [5.41, 5.74) is 18.4. The van der Waals surface area contributed by atoms with Crippen molar-refractivity contribution in [2.24, 2.45) is 19.8 Å². The fourth-order valence-corrected chi connectivity index (χ4v) is 6.40. The van der Waals surface area contributed by atoms with Crippen molar-refractivity contribution in [1.29, 1.82) is 0 Å². The van der Waals surface area contributed by atoms with Crippen LogP contribution < -0.4 is 108 Å². The average molecular weight is 1460 g/mol. The number of aromatic nitrogens is 12. The van der Waals surface area contributed by atoms with Crippen LogP contribution in [0.15, 0.2) is 44.5 Å². The number of amides is 1. The summed E-state index contributed by atoms with van der Waals surface area (Å²) in [5, 5.41) is 2.50. The summed E-state index contributed by atoms with van der Waals surface area (Å²) in [5.74, 6) is 1.69. The number of nitrogens with two attached hydrogens (primary N) is 3. The standard InChI is InChI=1S/C7H11N5O.C7H9N5O.2C7H9N4O.C5H5N5O.CH4.3Ag.3BrH.H2O.O/c2*1-11-3-12(2)5-4(11)6(13)10-7(8)9-5;2*1-10-4-11(2)6-5(10)7(12)9-3-8-6;6-5-9-3-2(4(11)10-5)7-1-8-3;;;;;;;;;/h3,9H,8H2,1-2H3,(H,10,13);3H,1-2H3,(H2-,8,9,10,13);2*3-4H,1-2H3,(H,8,9,12);1H,(H4,6,7,8,9,10,11);1H4;;;;3*1H;1H2;/q;;2*-1;;;;;+1;;;;;/p-1. The fraction of sp³-hybridized carbons (Fsp3) is 0.265. The molecular weight excluding hydrogens is 1410 g/mol. The number of nitrogen functional groups attached to an aromatic ring is 2. The Hall–Kier alpha value is -5.17. The molecule has 0 unspecified atom stereocenters. The molecule has 400 valence electrons. The number of hydrogen-bond acceptors (Lipinski definition) is 19.